The Morgan fingerprint density at radius 2 is 1.62 bits per heavy atom. The number of fused-ring (bicyclic) bond motifs is 1. The molecule has 6 nitrogen and oxygen atoms in total. The van der Waals surface area contributed by atoms with Gasteiger partial charge in [0.05, 0.1) is 29.5 Å². The highest BCUT2D eigenvalue weighted by Crippen LogP contribution is 2.38. The van der Waals surface area contributed by atoms with Crippen molar-refractivity contribution in [3.63, 3.8) is 0 Å². The van der Waals surface area contributed by atoms with Crippen LogP contribution in [0.15, 0.2) is 70.9 Å². The van der Waals surface area contributed by atoms with Crippen molar-refractivity contribution in [3.8, 4) is 0 Å². The molecule has 0 radical (unpaired) electrons. The Morgan fingerprint density at radius 3 is 2.19 bits per heavy atom. The average Bonchev–Trinajstić information content (AvgIpc) is 3.06. The Labute approximate surface area is 187 Å². The maximum atomic E-state index is 12.8. The summed E-state index contributed by atoms with van der Waals surface area (Å²) in [5, 5.41) is 0. The van der Waals surface area contributed by atoms with Crippen LogP contribution in [0.2, 0.25) is 0 Å². The minimum atomic E-state index is -0.428. The maximum Gasteiger partial charge on any atom is 0.336 e. The van der Waals surface area contributed by atoms with Gasteiger partial charge in [0, 0.05) is 24.6 Å². The number of hydrogen-bond acceptors (Lipinski definition) is 5. The fourth-order valence-corrected chi connectivity index (χ4v) is 4.35. The summed E-state index contributed by atoms with van der Waals surface area (Å²) in [6.07, 6.45) is 0.915. The maximum absolute atomic E-state index is 12.8. The third-order valence-corrected chi connectivity index (χ3v) is 6.08. The molecule has 2 aliphatic rings. The number of carbonyl (C=O) groups is 3. The van der Waals surface area contributed by atoms with Gasteiger partial charge in [0.2, 0.25) is 0 Å². The van der Waals surface area contributed by atoms with Crippen molar-refractivity contribution in [1.82, 2.24) is 4.90 Å². The normalized spacial score (nSPS) is 18.2. The molecule has 2 amide bonds. The highest BCUT2D eigenvalue weighted by Gasteiger charge is 2.37. The van der Waals surface area contributed by atoms with Crippen LogP contribution in [0.1, 0.15) is 58.9 Å². The van der Waals surface area contributed by atoms with E-state index < -0.39 is 5.97 Å². The number of amides is 2. The molecule has 1 unspecified atom stereocenters. The Bertz CT molecular complexity index is 1100. The van der Waals surface area contributed by atoms with Crippen LogP contribution >= 0.6 is 0 Å². The quantitative estimate of drug-likeness (QED) is 0.503. The molecule has 0 aromatic heterocycles. The predicted octanol–water partition coefficient (Wildman–Crippen LogP) is 4.38. The van der Waals surface area contributed by atoms with Crippen molar-refractivity contribution >= 4 is 23.5 Å². The minimum absolute atomic E-state index is 0.151. The lowest BCUT2D eigenvalue weighted by Gasteiger charge is -2.29. The summed E-state index contributed by atoms with van der Waals surface area (Å²) in [6.45, 7) is 4.30. The molecule has 0 aliphatic carbocycles. The molecule has 1 atom stereocenters. The van der Waals surface area contributed by atoms with Gasteiger partial charge in [0.25, 0.3) is 11.8 Å². The molecule has 2 aromatic rings. The van der Waals surface area contributed by atoms with E-state index in [1.54, 1.807) is 24.3 Å². The molecule has 0 bridgehead atoms. The molecule has 2 heterocycles. The minimum Gasteiger partial charge on any atom is -0.466 e. The molecule has 2 aliphatic heterocycles. The fourth-order valence-electron chi connectivity index (χ4n) is 4.35. The summed E-state index contributed by atoms with van der Waals surface area (Å²) in [5.74, 6) is -1.03. The van der Waals surface area contributed by atoms with Gasteiger partial charge in [-0.3, -0.25) is 19.5 Å². The molecule has 2 aromatic carbocycles. The van der Waals surface area contributed by atoms with Crippen LogP contribution in [-0.4, -0.2) is 42.0 Å². The number of esters is 1. The number of imide groups is 1. The van der Waals surface area contributed by atoms with Crippen LogP contribution in [0.5, 0.6) is 0 Å². The number of ether oxygens (including phenoxy) is 1. The lowest BCUT2D eigenvalue weighted by atomic mass is 9.81. The molecule has 6 heteroatoms. The van der Waals surface area contributed by atoms with Gasteiger partial charge in [-0.15, -0.1) is 0 Å². The molecule has 32 heavy (non-hydrogen) atoms. The number of aliphatic imine (C=N–C) groups is 1. The molecular weight excluding hydrogens is 404 g/mol. The topological polar surface area (TPSA) is 76.0 Å². The summed E-state index contributed by atoms with van der Waals surface area (Å²) in [4.78, 5) is 44.4. The average molecular weight is 431 g/mol. The molecule has 0 saturated carbocycles. The van der Waals surface area contributed by atoms with Crippen LogP contribution in [0, 0.1) is 5.92 Å². The zero-order valence-corrected chi connectivity index (χ0v) is 18.5. The molecule has 4 rings (SSSR count). The van der Waals surface area contributed by atoms with Crippen LogP contribution in [0.25, 0.3) is 0 Å². The first-order valence-electron chi connectivity index (χ1n) is 10.8. The van der Waals surface area contributed by atoms with Gasteiger partial charge in [0.15, 0.2) is 0 Å². The van der Waals surface area contributed by atoms with Crippen molar-refractivity contribution in [1.29, 1.82) is 0 Å². The van der Waals surface area contributed by atoms with E-state index in [0.717, 1.165) is 11.3 Å². The Balaban J connectivity index is 1.70. The van der Waals surface area contributed by atoms with Gasteiger partial charge in [-0.25, -0.2) is 4.79 Å². The van der Waals surface area contributed by atoms with Gasteiger partial charge in [-0.1, -0.05) is 56.3 Å². The summed E-state index contributed by atoms with van der Waals surface area (Å²) < 4.78 is 5.12. The van der Waals surface area contributed by atoms with Crippen molar-refractivity contribution in [2.75, 3.05) is 13.7 Å². The van der Waals surface area contributed by atoms with E-state index in [-0.39, 0.29) is 36.6 Å². The van der Waals surface area contributed by atoms with Crippen LogP contribution < -0.4 is 0 Å². The highest BCUT2D eigenvalue weighted by atomic mass is 16.5. The lowest BCUT2D eigenvalue weighted by molar-refractivity contribution is -0.136. The highest BCUT2D eigenvalue weighted by molar-refractivity contribution is 6.21. The van der Waals surface area contributed by atoms with Gasteiger partial charge in [0.1, 0.15) is 0 Å². The number of benzene rings is 2. The largest absolute Gasteiger partial charge is 0.466 e. The van der Waals surface area contributed by atoms with E-state index in [9.17, 15) is 14.4 Å². The second-order valence-corrected chi connectivity index (χ2v) is 8.33. The number of rotatable bonds is 6. The lowest BCUT2D eigenvalue weighted by Crippen LogP contribution is -2.32. The second kappa shape index (κ2) is 8.91. The molecule has 164 valence electrons. The van der Waals surface area contributed by atoms with Gasteiger partial charge in [-0.05, 0) is 30.0 Å². The second-order valence-electron chi connectivity index (χ2n) is 8.33. The van der Waals surface area contributed by atoms with E-state index in [2.05, 4.69) is 13.8 Å². The summed E-state index contributed by atoms with van der Waals surface area (Å²) in [7, 11) is 1.36. The van der Waals surface area contributed by atoms with Crippen molar-refractivity contribution < 1.29 is 19.1 Å². The molecule has 0 spiro atoms. The number of hydrogen-bond donors (Lipinski definition) is 0. The van der Waals surface area contributed by atoms with Crippen molar-refractivity contribution in [3.05, 3.63) is 82.6 Å². The summed E-state index contributed by atoms with van der Waals surface area (Å²) in [6, 6.07) is 16.6. The van der Waals surface area contributed by atoms with Gasteiger partial charge in [-0.2, -0.15) is 0 Å². The van der Waals surface area contributed by atoms with Crippen LogP contribution in [0.4, 0.5) is 0 Å². The van der Waals surface area contributed by atoms with Gasteiger partial charge < -0.3 is 4.74 Å². The smallest absolute Gasteiger partial charge is 0.336 e. The standard InChI is InChI=1S/C26H26N2O4/c1-16(2)22-15-20(17-9-5-4-6-10-17)23(26(31)32-3)21(27-22)13-14-28-24(29)18-11-7-8-12-19(18)25(28)30/h4-12,16,20H,13-15H2,1-3H3. The van der Waals surface area contributed by atoms with Crippen molar-refractivity contribution in [2.45, 2.75) is 32.6 Å². The zero-order valence-electron chi connectivity index (χ0n) is 18.5. The molecular formula is C26H26N2O4. The zero-order chi connectivity index (χ0) is 22.8. The fraction of sp³-hybridized carbons (Fsp3) is 0.308. The first-order chi connectivity index (χ1) is 15.4. The van der Waals surface area contributed by atoms with E-state index in [4.69, 9.17) is 9.73 Å². The summed E-state index contributed by atoms with van der Waals surface area (Å²) in [5.41, 5.74) is 3.91. The van der Waals surface area contributed by atoms with E-state index in [0.29, 0.717) is 28.8 Å². The van der Waals surface area contributed by atoms with E-state index >= 15 is 0 Å². The van der Waals surface area contributed by atoms with Crippen molar-refractivity contribution in [2.24, 2.45) is 10.9 Å². The Morgan fingerprint density at radius 1 is 1.03 bits per heavy atom. The first kappa shape index (κ1) is 21.7. The number of carbonyl (C=O) groups excluding carboxylic acids is 3. The Hall–Kier alpha value is -3.54. The molecule has 0 fully saturated rings. The third kappa shape index (κ3) is 3.88. The first-order valence-corrected chi connectivity index (χ1v) is 10.8. The monoisotopic (exact) mass is 430 g/mol. The predicted molar refractivity (Wildman–Crippen MR) is 122 cm³/mol. The van der Waals surface area contributed by atoms with Gasteiger partial charge >= 0.3 is 5.97 Å². The van der Waals surface area contributed by atoms with Crippen LogP contribution in [0.3, 0.4) is 0 Å². The number of methoxy groups -OCH3 is 1. The van der Waals surface area contributed by atoms with E-state index in [1.807, 2.05) is 30.3 Å². The van der Waals surface area contributed by atoms with E-state index in [1.165, 1.54) is 12.0 Å². The molecule has 0 N–H and O–H groups in total. The van der Waals surface area contributed by atoms with Crippen LogP contribution in [-0.2, 0) is 9.53 Å². The summed E-state index contributed by atoms with van der Waals surface area (Å²) >= 11 is 0. The number of nitrogens with zero attached hydrogens (tertiary/aromatic N) is 2. The Kier molecular flexibility index (Phi) is 6.04. The molecule has 0 saturated heterocycles. The third-order valence-electron chi connectivity index (χ3n) is 6.08. The SMILES string of the molecule is COC(=O)C1=C(CCN2C(=O)c3ccccc3C2=O)N=C(C(C)C)CC1c1ccccc1.